The molecule has 1 aromatic carbocycles. The standard InChI is InChI=1S/C18H18N4O3S/c1-21(9-10-23)14(12-6-3-2-4-7-12)15-17(24)22-18(26-15)19-16(20-22)13-8-5-11-25-13/h2-8,11,14,23-24H,9-10H2,1H3. The Balaban J connectivity index is 1.79. The Hall–Kier alpha value is -2.68. The highest BCUT2D eigenvalue weighted by Gasteiger charge is 2.27. The number of likely N-dealkylation sites (N-methyl/N-ethyl adjacent to an activating group) is 1. The lowest BCUT2D eigenvalue weighted by Crippen LogP contribution is -2.28. The fraction of sp³-hybridized carbons (Fsp3) is 0.222. The summed E-state index contributed by atoms with van der Waals surface area (Å²) < 4.78 is 6.76. The Morgan fingerprint density at radius 1 is 1.23 bits per heavy atom. The molecule has 3 aromatic heterocycles. The van der Waals surface area contributed by atoms with Crippen LogP contribution in [0.1, 0.15) is 16.5 Å². The van der Waals surface area contributed by atoms with Crippen LogP contribution in [0.4, 0.5) is 0 Å². The molecule has 7 nitrogen and oxygen atoms in total. The quantitative estimate of drug-likeness (QED) is 0.543. The molecule has 0 aliphatic carbocycles. The SMILES string of the molecule is CN(CCO)C(c1ccccc1)c1sc2nc(-c3ccco3)nn2c1O. The van der Waals surface area contributed by atoms with Crippen molar-refractivity contribution in [1.82, 2.24) is 19.5 Å². The number of aromatic hydroxyl groups is 1. The Morgan fingerprint density at radius 2 is 2.04 bits per heavy atom. The molecular weight excluding hydrogens is 352 g/mol. The molecule has 26 heavy (non-hydrogen) atoms. The van der Waals surface area contributed by atoms with Crippen molar-refractivity contribution >= 4 is 16.3 Å². The fourth-order valence-electron chi connectivity index (χ4n) is 2.97. The Labute approximate surface area is 153 Å². The summed E-state index contributed by atoms with van der Waals surface area (Å²) in [5, 5.41) is 24.5. The lowest BCUT2D eigenvalue weighted by molar-refractivity contribution is 0.196. The van der Waals surface area contributed by atoms with E-state index in [0.717, 1.165) is 10.4 Å². The van der Waals surface area contributed by atoms with E-state index in [-0.39, 0.29) is 18.5 Å². The molecule has 0 aliphatic rings. The minimum Gasteiger partial charge on any atom is -0.492 e. The maximum absolute atomic E-state index is 10.8. The van der Waals surface area contributed by atoms with Crippen LogP contribution in [-0.2, 0) is 0 Å². The average Bonchev–Trinajstić information content (AvgIpc) is 3.36. The Bertz CT molecular complexity index is 994. The minimum atomic E-state index is -0.205. The predicted octanol–water partition coefficient (Wildman–Crippen LogP) is 2.77. The van der Waals surface area contributed by atoms with Crippen molar-refractivity contribution in [3.05, 3.63) is 59.2 Å². The third-order valence-corrected chi connectivity index (χ3v) is 5.27. The molecule has 4 aromatic rings. The van der Waals surface area contributed by atoms with Crippen LogP contribution in [0.3, 0.4) is 0 Å². The molecule has 0 bridgehead atoms. The second-order valence-corrected chi connectivity index (χ2v) is 6.92. The van der Waals surface area contributed by atoms with Gasteiger partial charge in [-0.15, -0.1) is 5.10 Å². The van der Waals surface area contributed by atoms with Gasteiger partial charge in [0, 0.05) is 6.54 Å². The van der Waals surface area contributed by atoms with Gasteiger partial charge in [0.15, 0.2) is 5.76 Å². The first-order valence-corrected chi connectivity index (χ1v) is 8.99. The zero-order valence-electron chi connectivity index (χ0n) is 14.1. The number of hydrogen-bond acceptors (Lipinski definition) is 7. The maximum atomic E-state index is 10.8. The monoisotopic (exact) mass is 370 g/mol. The number of aromatic nitrogens is 3. The number of nitrogens with zero attached hydrogens (tertiary/aromatic N) is 4. The zero-order valence-corrected chi connectivity index (χ0v) is 14.9. The number of benzene rings is 1. The van der Waals surface area contributed by atoms with Gasteiger partial charge in [-0.1, -0.05) is 41.7 Å². The van der Waals surface area contributed by atoms with Gasteiger partial charge in [-0.2, -0.15) is 9.50 Å². The highest BCUT2D eigenvalue weighted by molar-refractivity contribution is 7.17. The van der Waals surface area contributed by atoms with Gasteiger partial charge in [-0.05, 0) is 24.7 Å². The molecule has 3 heterocycles. The molecule has 1 atom stereocenters. The lowest BCUT2D eigenvalue weighted by atomic mass is 10.0. The summed E-state index contributed by atoms with van der Waals surface area (Å²) in [6.45, 7) is 0.508. The second-order valence-electron chi connectivity index (χ2n) is 5.91. The van der Waals surface area contributed by atoms with Crippen LogP contribution in [0, 0.1) is 0 Å². The van der Waals surface area contributed by atoms with Gasteiger partial charge in [0.25, 0.3) is 0 Å². The fourth-order valence-corrected chi connectivity index (χ4v) is 4.11. The van der Waals surface area contributed by atoms with E-state index in [2.05, 4.69) is 10.1 Å². The minimum absolute atomic E-state index is 0.0317. The first kappa shape index (κ1) is 16.8. The van der Waals surface area contributed by atoms with Crippen molar-refractivity contribution < 1.29 is 14.6 Å². The number of furan rings is 1. The summed E-state index contributed by atoms with van der Waals surface area (Å²) in [7, 11) is 1.91. The van der Waals surface area contributed by atoms with Gasteiger partial charge < -0.3 is 14.6 Å². The molecule has 8 heteroatoms. The van der Waals surface area contributed by atoms with Gasteiger partial charge in [-0.3, -0.25) is 4.90 Å². The molecule has 134 valence electrons. The van der Waals surface area contributed by atoms with Crippen molar-refractivity contribution in [2.45, 2.75) is 6.04 Å². The number of aliphatic hydroxyl groups is 1. The number of thiazole rings is 1. The molecule has 0 fully saturated rings. The lowest BCUT2D eigenvalue weighted by Gasteiger charge is -2.26. The molecule has 1 unspecified atom stereocenters. The highest BCUT2D eigenvalue weighted by Crippen LogP contribution is 2.39. The van der Waals surface area contributed by atoms with E-state index in [0.29, 0.717) is 23.1 Å². The van der Waals surface area contributed by atoms with Gasteiger partial charge in [0.05, 0.1) is 23.8 Å². The largest absolute Gasteiger partial charge is 0.492 e. The topological polar surface area (TPSA) is 87.0 Å². The smallest absolute Gasteiger partial charge is 0.230 e. The number of fused-ring (bicyclic) bond motifs is 1. The average molecular weight is 370 g/mol. The second kappa shape index (κ2) is 6.91. The molecule has 0 radical (unpaired) electrons. The van der Waals surface area contributed by atoms with Crippen molar-refractivity contribution in [3.8, 4) is 17.5 Å². The van der Waals surface area contributed by atoms with Crippen LogP contribution in [-0.4, -0.2) is 49.9 Å². The van der Waals surface area contributed by atoms with Crippen LogP contribution < -0.4 is 0 Å². The van der Waals surface area contributed by atoms with Gasteiger partial charge in [-0.25, -0.2) is 0 Å². The van der Waals surface area contributed by atoms with Gasteiger partial charge in [0.2, 0.25) is 16.7 Å². The summed E-state index contributed by atoms with van der Waals surface area (Å²) in [5.41, 5.74) is 1.02. The molecule has 4 rings (SSSR count). The molecule has 0 saturated heterocycles. The van der Waals surface area contributed by atoms with Crippen LogP contribution in [0.25, 0.3) is 16.5 Å². The van der Waals surface area contributed by atoms with Gasteiger partial charge in [0.1, 0.15) is 0 Å². The van der Waals surface area contributed by atoms with E-state index in [4.69, 9.17) is 4.42 Å². The van der Waals surface area contributed by atoms with Crippen molar-refractivity contribution in [1.29, 1.82) is 0 Å². The molecule has 0 amide bonds. The van der Waals surface area contributed by atoms with Gasteiger partial charge >= 0.3 is 0 Å². The number of aliphatic hydroxyl groups excluding tert-OH is 1. The summed E-state index contributed by atoms with van der Waals surface area (Å²) in [6.07, 6.45) is 1.56. The van der Waals surface area contributed by atoms with E-state index in [1.165, 1.54) is 15.9 Å². The highest BCUT2D eigenvalue weighted by atomic mass is 32.1. The Kier molecular flexibility index (Phi) is 4.46. The summed E-state index contributed by atoms with van der Waals surface area (Å²) in [5.74, 6) is 1.04. The predicted molar refractivity (Wildman–Crippen MR) is 98.2 cm³/mol. The van der Waals surface area contributed by atoms with Crippen molar-refractivity contribution in [2.75, 3.05) is 20.2 Å². The van der Waals surface area contributed by atoms with Crippen LogP contribution >= 0.6 is 11.3 Å². The molecule has 2 N–H and O–H groups in total. The first-order valence-electron chi connectivity index (χ1n) is 8.17. The van der Waals surface area contributed by atoms with Crippen LogP contribution in [0.15, 0.2) is 53.1 Å². The maximum Gasteiger partial charge on any atom is 0.230 e. The number of hydrogen-bond donors (Lipinski definition) is 2. The van der Waals surface area contributed by atoms with Crippen LogP contribution in [0.5, 0.6) is 5.88 Å². The van der Waals surface area contributed by atoms with E-state index >= 15 is 0 Å². The van der Waals surface area contributed by atoms with Crippen molar-refractivity contribution in [3.63, 3.8) is 0 Å². The normalized spacial score (nSPS) is 12.9. The molecule has 0 aliphatic heterocycles. The van der Waals surface area contributed by atoms with Crippen LogP contribution in [0.2, 0.25) is 0 Å². The molecule has 0 spiro atoms. The third kappa shape index (κ3) is 2.88. The van der Waals surface area contributed by atoms with Crippen molar-refractivity contribution in [2.24, 2.45) is 0 Å². The molecular formula is C18H18N4O3S. The number of rotatable bonds is 6. The summed E-state index contributed by atoms with van der Waals surface area (Å²) in [6, 6.07) is 13.2. The van der Waals surface area contributed by atoms with E-state index in [9.17, 15) is 10.2 Å². The zero-order chi connectivity index (χ0) is 18.1. The van der Waals surface area contributed by atoms with E-state index in [1.807, 2.05) is 42.3 Å². The Morgan fingerprint density at radius 3 is 2.69 bits per heavy atom. The molecule has 0 saturated carbocycles. The first-order chi connectivity index (χ1) is 12.7. The summed E-state index contributed by atoms with van der Waals surface area (Å²) >= 11 is 1.37. The van der Waals surface area contributed by atoms with E-state index < -0.39 is 0 Å². The summed E-state index contributed by atoms with van der Waals surface area (Å²) in [4.78, 5) is 7.78. The third-order valence-electron chi connectivity index (χ3n) is 4.20. The van der Waals surface area contributed by atoms with E-state index in [1.54, 1.807) is 18.4 Å².